The number of nitro benzene ring substituents is 1. The van der Waals surface area contributed by atoms with Gasteiger partial charge in [-0.15, -0.1) is 11.8 Å². The molecule has 0 aliphatic carbocycles. The number of fused-ring (bicyclic) bond motifs is 1. The van der Waals surface area contributed by atoms with Crippen LogP contribution in [0, 0.1) is 10.1 Å². The van der Waals surface area contributed by atoms with Gasteiger partial charge in [0.05, 0.1) is 4.92 Å². The fourth-order valence-corrected chi connectivity index (χ4v) is 6.45. The fraction of sp³-hybridized carbons (Fsp3) is 0.269. The second kappa shape index (κ2) is 11.8. The highest BCUT2D eigenvalue weighted by molar-refractivity contribution is 8.00. The number of alkyl halides is 3. The third-order valence-corrected chi connectivity index (χ3v) is 8.11. The molecule has 2 aliphatic heterocycles. The van der Waals surface area contributed by atoms with Gasteiger partial charge in [-0.1, -0.05) is 65.1 Å². The Bertz CT molecular complexity index is 1480. The summed E-state index contributed by atoms with van der Waals surface area (Å²) in [6.07, 6.45) is -0.427. The Morgan fingerprint density at radius 3 is 2.39 bits per heavy atom. The number of non-ortho nitro benzene ring substituents is 1. The van der Waals surface area contributed by atoms with E-state index in [1.54, 1.807) is 18.2 Å². The van der Waals surface area contributed by atoms with Crippen LogP contribution in [0.25, 0.3) is 0 Å². The lowest BCUT2D eigenvalue weighted by Crippen LogP contribution is -2.76. The summed E-state index contributed by atoms with van der Waals surface area (Å²) < 4.78 is 3.36. The van der Waals surface area contributed by atoms with Crippen LogP contribution in [-0.4, -0.2) is 71.3 Å². The number of amides is 1. The number of benzene rings is 2. The monoisotopic (exact) mass is 639 g/mol. The Kier molecular flexibility index (Phi) is 8.78. The molecule has 0 saturated carbocycles. The number of carboxylic acids is 1. The number of esters is 1. The molecule has 2 heterocycles. The maximum Gasteiger partial charge on any atom is 0.352 e. The normalized spacial score (nSPS) is 21.2. The topological polar surface area (TPSA) is 156 Å². The number of carbonyl (C=O) groups is 4. The average Bonchev–Trinajstić information content (AvgIpc) is 2.91. The zero-order valence-corrected chi connectivity index (χ0v) is 24.1. The van der Waals surface area contributed by atoms with E-state index in [0.29, 0.717) is 5.56 Å². The molecule has 2 aromatic carbocycles. The van der Waals surface area contributed by atoms with Crippen molar-refractivity contribution < 1.29 is 33.9 Å². The highest BCUT2D eigenvalue weighted by atomic mass is 35.6. The smallest absolute Gasteiger partial charge is 0.352 e. The number of carbonyl (C=O) groups excluding carboxylic acids is 3. The third kappa shape index (κ3) is 6.10. The van der Waals surface area contributed by atoms with Crippen molar-refractivity contribution in [1.82, 2.24) is 4.90 Å². The number of hydrogen-bond acceptors (Lipinski definition) is 9. The molecule has 1 saturated heterocycles. The van der Waals surface area contributed by atoms with Crippen molar-refractivity contribution in [1.29, 1.82) is 0 Å². The number of aliphatic imine (C=N–C) groups is 1. The number of aliphatic carboxylic acids is 1. The van der Waals surface area contributed by atoms with E-state index in [0.717, 1.165) is 23.6 Å². The van der Waals surface area contributed by atoms with Crippen LogP contribution in [-0.2, 0) is 19.1 Å². The van der Waals surface area contributed by atoms with Crippen LogP contribution in [0.4, 0.5) is 5.69 Å². The molecule has 0 radical (unpaired) electrons. The first-order valence-electron chi connectivity index (χ1n) is 11.8. The molecule has 4 rings (SSSR count). The molecule has 2 aromatic rings. The van der Waals surface area contributed by atoms with Gasteiger partial charge in [0.2, 0.25) is 11.3 Å². The Morgan fingerprint density at radius 2 is 1.85 bits per heavy atom. The van der Waals surface area contributed by atoms with Gasteiger partial charge in [-0.3, -0.25) is 34.4 Å². The number of β-lactam (4-membered cyclic amide) rings is 1. The zero-order valence-electron chi connectivity index (χ0n) is 21.0. The molecule has 1 unspecified atom stereocenters. The number of ether oxygens (including phenoxy) is 1. The van der Waals surface area contributed by atoms with Crippen molar-refractivity contribution >= 4 is 82.1 Å². The Labute approximate surface area is 252 Å². The van der Waals surface area contributed by atoms with E-state index in [4.69, 9.17) is 39.5 Å². The second-order valence-electron chi connectivity index (χ2n) is 9.00. The number of nitro groups is 1. The lowest BCUT2D eigenvalue weighted by atomic mass is 9.79. The molecule has 3 atom stereocenters. The Balaban J connectivity index is 1.80. The number of carboxylic acid groups (broad SMARTS) is 1. The quantitative estimate of drug-likeness (QED) is 0.0606. The summed E-state index contributed by atoms with van der Waals surface area (Å²) in [6.45, 7) is 1.11. The summed E-state index contributed by atoms with van der Waals surface area (Å²) >= 11 is 18.8. The van der Waals surface area contributed by atoms with Gasteiger partial charge in [0.1, 0.15) is 17.2 Å². The van der Waals surface area contributed by atoms with Crippen LogP contribution in [0.5, 0.6) is 0 Å². The first kappa shape index (κ1) is 30.5. The number of Topliss-reactive ketones (excluding diaryl/α,β-unsaturated/α-hetero) is 1. The van der Waals surface area contributed by atoms with Gasteiger partial charge in [-0.25, -0.2) is 4.79 Å². The number of hydrogen-bond donors (Lipinski definition) is 1. The standard InChI is InChI=1S/C26H20Cl3N3O8S/c1-14(33)40-19(11-25(27,28)29)18-13-41-24-26(21(34)16-5-3-2-4-6-16,23(37)31(24)20(18)22(35)36)30-12-15-7-9-17(10-8-15)32(38)39/h2-10,12,19,24H,11,13H2,1H3,(H,35,36)/t19?,24-,26-/m1/s1. The fourth-order valence-electron chi connectivity index (χ4n) is 4.51. The van der Waals surface area contributed by atoms with Crippen LogP contribution < -0.4 is 0 Å². The van der Waals surface area contributed by atoms with Gasteiger partial charge in [0.25, 0.3) is 11.6 Å². The number of rotatable bonds is 9. The van der Waals surface area contributed by atoms with E-state index in [1.807, 2.05) is 0 Å². The molecular formula is C26H20Cl3N3O8S. The lowest BCUT2D eigenvalue weighted by Gasteiger charge is -2.54. The molecule has 1 N–H and O–H groups in total. The molecule has 214 valence electrons. The summed E-state index contributed by atoms with van der Waals surface area (Å²) in [4.78, 5) is 67.8. The molecule has 41 heavy (non-hydrogen) atoms. The molecule has 11 nitrogen and oxygen atoms in total. The van der Waals surface area contributed by atoms with Gasteiger partial charge in [0.15, 0.2) is 3.79 Å². The van der Waals surface area contributed by atoms with Crippen LogP contribution in [0.1, 0.15) is 29.3 Å². The summed E-state index contributed by atoms with van der Waals surface area (Å²) in [7, 11) is 0. The van der Waals surface area contributed by atoms with E-state index in [-0.39, 0.29) is 29.0 Å². The molecule has 0 bridgehead atoms. The largest absolute Gasteiger partial charge is 0.477 e. The zero-order chi connectivity index (χ0) is 30.1. The highest BCUT2D eigenvalue weighted by Gasteiger charge is 2.69. The molecule has 0 aromatic heterocycles. The predicted molar refractivity (Wildman–Crippen MR) is 152 cm³/mol. The van der Waals surface area contributed by atoms with Crippen LogP contribution in [0.15, 0.2) is 70.9 Å². The van der Waals surface area contributed by atoms with Crippen molar-refractivity contribution in [3.63, 3.8) is 0 Å². The van der Waals surface area contributed by atoms with E-state index < -0.39 is 55.1 Å². The van der Waals surface area contributed by atoms with E-state index >= 15 is 0 Å². The van der Waals surface area contributed by atoms with E-state index in [9.17, 15) is 34.4 Å². The lowest BCUT2D eigenvalue weighted by molar-refractivity contribution is -0.384. The van der Waals surface area contributed by atoms with Crippen molar-refractivity contribution in [3.05, 3.63) is 87.1 Å². The van der Waals surface area contributed by atoms with Crippen LogP contribution in [0.3, 0.4) is 0 Å². The van der Waals surface area contributed by atoms with Gasteiger partial charge < -0.3 is 9.84 Å². The number of thioether (sulfide) groups is 1. The van der Waals surface area contributed by atoms with E-state index in [1.165, 1.54) is 42.6 Å². The Hall–Kier alpha value is -3.45. The maximum atomic E-state index is 13.9. The molecular weight excluding hydrogens is 621 g/mol. The summed E-state index contributed by atoms with van der Waals surface area (Å²) in [5.41, 5.74) is -2.15. The predicted octanol–water partition coefficient (Wildman–Crippen LogP) is 4.58. The molecule has 2 aliphatic rings. The van der Waals surface area contributed by atoms with Crippen molar-refractivity contribution in [2.24, 2.45) is 4.99 Å². The van der Waals surface area contributed by atoms with Crippen LogP contribution in [0.2, 0.25) is 0 Å². The average molecular weight is 641 g/mol. The minimum atomic E-state index is -2.05. The Morgan fingerprint density at radius 1 is 1.22 bits per heavy atom. The number of nitrogens with zero attached hydrogens (tertiary/aromatic N) is 3. The van der Waals surface area contributed by atoms with Crippen LogP contribution >= 0.6 is 46.6 Å². The maximum absolute atomic E-state index is 13.9. The first-order chi connectivity index (χ1) is 19.3. The number of ketones is 1. The molecule has 15 heteroatoms. The highest BCUT2D eigenvalue weighted by Crippen LogP contribution is 2.51. The van der Waals surface area contributed by atoms with Crippen molar-refractivity contribution in [2.75, 3.05) is 5.75 Å². The minimum absolute atomic E-state index is 0.0220. The van der Waals surface area contributed by atoms with Gasteiger partial charge in [0, 0.05) is 48.6 Å². The van der Waals surface area contributed by atoms with E-state index in [2.05, 4.69) is 4.99 Å². The molecule has 1 fully saturated rings. The van der Waals surface area contributed by atoms with Crippen molar-refractivity contribution in [2.45, 2.75) is 34.2 Å². The van der Waals surface area contributed by atoms with Gasteiger partial charge >= 0.3 is 11.9 Å². The molecule has 0 spiro atoms. The summed E-state index contributed by atoms with van der Waals surface area (Å²) in [6, 6.07) is 13.2. The third-order valence-electron chi connectivity index (χ3n) is 6.30. The molecule has 1 amide bonds. The minimum Gasteiger partial charge on any atom is -0.477 e. The summed E-state index contributed by atoms with van der Waals surface area (Å²) in [5.74, 6) is -3.95. The van der Waals surface area contributed by atoms with Gasteiger partial charge in [-0.2, -0.15) is 0 Å². The van der Waals surface area contributed by atoms with Gasteiger partial charge in [-0.05, 0) is 17.7 Å². The first-order valence-corrected chi connectivity index (χ1v) is 14.0. The summed E-state index contributed by atoms with van der Waals surface area (Å²) in [5, 5.41) is 20.1. The van der Waals surface area contributed by atoms with Crippen molar-refractivity contribution in [3.8, 4) is 0 Å². The second-order valence-corrected chi connectivity index (χ2v) is 12.6. The SMILES string of the molecule is CC(=O)OC(CC(Cl)(Cl)Cl)C1=C(C(=O)O)N2C(=O)[C@](N=Cc3ccc([N+](=O)[O-])cc3)(C(=O)c3ccccc3)[C@H]2SC1. The number of halogens is 3.